The number of anilines is 2. The van der Waals surface area contributed by atoms with Crippen LogP contribution in [0.4, 0.5) is 11.5 Å². The summed E-state index contributed by atoms with van der Waals surface area (Å²) in [7, 11) is 2.19. The number of hydrogen-bond acceptors (Lipinski definition) is 5. The molecule has 7 heteroatoms. The zero-order chi connectivity index (χ0) is 23.7. The Morgan fingerprint density at radius 1 is 1.15 bits per heavy atom. The predicted molar refractivity (Wildman–Crippen MR) is 138 cm³/mol. The van der Waals surface area contributed by atoms with Gasteiger partial charge in [-0.25, -0.2) is 4.98 Å². The first kappa shape index (κ1) is 22.3. The van der Waals surface area contributed by atoms with Gasteiger partial charge in [0.1, 0.15) is 5.82 Å². The summed E-state index contributed by atoms with van der Waals surface area (Å²) in [5.74, 6) is 1.67. The molecule has 1 aliphatic rings. The van der Waals surface area contributed by atoms with Crippen LogP contribution in [0.25, 0.3) is 22.0 Å². The summed E-state index contributed by atoms with van der Waals surface area (Å²) in [5, 5.41) is 9.29. The van der Waals surface area contributed by atoms with E-state index >= 15 is 0 Å². The van der Waals surface area contributed by atoms with E-state index in [2.05, 4.69) is 65.5 Å². The van der Waals surface area contributed by atoms with Gasteiger partial charge in [-0.05, 0) is 80.0 Å². The Bertz CT molecular complexity index is 1330. The highest BCUT2D eigenvalue weighted by molar-refractivity contribution is 5.95. The normalized spacial score (nSPS) is 15.3. The standard InChI is InChI=1S/C27H32N6O/c1-18(2)16-33-17-22(15-29-33)24-14-21-8-11-28-27(34)25(21)26(31-24)30-23-6-4-19(5-7-23)20-9-12-32(3)13-10-20/h4-8,11,14-15,17-18,20H,9-10,12-13,16H2,1-3H3,(H,28,34)(H,30,31). The number of nitrogens with one attached hydrogen (secondary N) is 2. The van der Waals surface area contributed by atoms with Gasteiger partial charge in [0.05, 0.1) is 17.3 Å². The van der Waals surface area contributed by atoms with Crippen molar-refractivity contribution in [2.45, 2.75) is 39.2 Å². The quantitative estimate of drug-likeness (QED) is 0.427. The van der Waals surface area contributed by atoms with Crippen LogP contribution in [0.5, 0.6) is 0 Å². The highest BCUT2D eigenvalue weighted by Crippen LogP contribution is 2.31. The van der Waals surface area contributed by atoms with Crippen LogP contribution in [0.15, 0.2) is 59.8 Å². The second-order valence-corrected chi connectivity index (χ2v) is 9.80. The molecule has 0 bridgehead atoms. The number of fused-ring (bicyclic) bond motifs is 1. The van der Waals surface area contributed by atoms with Gasteiger partial charge in [-0.15, -0.1) is 0 Å². The highest BCUT2D eigenvalue weighted by Gasteiger charge is 2.18. The number of pyridine rings is 2. The summed E-state index contributed by atoms with van der Waals surface area (Å²) in [6, 6.07) is 12.4. The van der Waals surface area contributed by atoms with Crippen molar-refractivity contribution in [3.8, 4) is 11.3 Å². The second-order valence-electron chi connectivity index (χ2n) is 9.80. The summed E-state index contributed by atoms with van der Waals surface area (Å²) < 4.78 is 1.94. The number of aromatic amines is 1. The number of hydrogen-bond donors (Lipinski definition) is 2. The van der Waals surface area contributed by atoms with Crippen LogP contribution in [-0.2, 0) is 6.54 Å². The molecule has 0 unspecified atom stereocenters. The minimum Gasteiger partial charge on any atom is -0.340 e. The molecule has 2 N–H and O–H groups in total. The van der Waals surface area contributed by atoms with Crippen LogP contribution in [0, 0.1) is 5.92 Å². The first-order valence-electron chi connectivity index (χ1n) is 12.1. The minimum absolute atomic E-state index is 0.155. The molecular weight excluding hydrogens is 424 g/mol. The summed E-state index contributed by atoms with van der Waals surface area (Å²) in [5.41, 5.74) is 3.86. The summed E-state index contributed by atoms with van der Waals surface area (Å²) >= 11 is 0. The maximum atomic E-state index is 12.7. The fourth-order valence-electron chi connectivity index (χ4n) is 4.74. The molecule has 3 aromatic heterocycles. The first-order valence-corrected chi connectivity index (χ1v) is 12.1. The van der Waals surface area contributed by atoms with Crippen LogP contribution in [-0.4, -0.2) is 44.8 Å². The molecule has 5 rings (SSSR count). The largest absolute Gasteiger partial charge is 0.340 e. The molecule has 1 fully saturated rings. The second kappa shape index (κ2) is 9.43. The Labute approximate surface area is 199 Å². The number of aromatic nitrogens is 4. The maximum Gasteiger partial charge on any atom is 0.259 e. The van der Waals surface area contributed by atoms with Gasteiger partial charge >= 0.3 is 0 Å². The van der Waals surface area contributed by atoms with Crippen LogP contribution in [0.2, 0.25) is 0 Å². The number of benzene rings is 1. The van der Waals surface area contributed by atoms with Crippen molar-refractivity contribution in [2.75, 3.05) is 25.5 Å². The minimum atomic E-state index is -0.155. The molecule has 176 valence electrons. The zero-order valence-electron chi connectivity index (χ0n) is 20.1. The molecule has 4 heterocycles. The van der Waals surface area contributed by atoms with Gasteiger partial charge in [-0.1, -0.05) is 26.0 Å². The Kier molecular flexibility index (Phi) is 6.20. The third-order valence-corrected chi connectivity index (χ3v) is 6.60. The van der Waals surface area contributed by atoms with E-state index < -0.39 is 0 Å². The Hall–Kier alpha value is -3.45. The van der Waals surface area contributed by atoms with Crippen LogP contribution >= 0.6 is 0 Å². The molecule has 1 aromatic carbocycles. The van der Waals surface area contributed by atoms with E-state index in [-0.39, 0.29) is 5.56 Å². The molecule has 34 heavy (non-hydrogen) atoms. The monoisotopic (exact) mass is 456 g/mol. The lowest BCUT2D eigenvalue weighted by atomic mass is 9.89. The van der Waals surface area contributed by atoms with Crippen molar-refractivity contribution >= 4 is 22.3 Å². The van der Waals surface area contributed by atoms with Crippen molar-refractivity contribution in [1.82, 2.24) is 24.6 Å². The number of H-pyrrole nitrogens is 1. The number of nitrogens with zero attached hydrogens (tertiary/aromatic N) is 4. The van der Waals surface area contributed by atoms with E-state index in [1.54, 1.807) is 6.20 Å². The molecule has 0 saturated carbocycles. The first-order chi connectivity index (χ1) is 16.5. The number of piperidine rings is 1. The lowest BCUT2D eigenvalue weighted by Crippen LogP contribution is -2.29. The van der Waals surface area contributed by atoms with E-state index in [0.717, 1.165) is 42.0 Å². The van der Waals surface area contributed by atoms with Gasteiger partial charge < -0.3 is 15.2 Å². The number of rotatable bonds is 6. The third-order valence-electron chi connectivity index (χ3n) is 6.60. The average molecular weight is 457 g/mol. The summed E-state index contributed by atoms with van der Waals surface area (Å²) in [6.07, 6.45) is 7.91. The predicted octanol–water partition coefficient (Wildman–Crippen LogP) is 5.00. The maximum absolute atomic E-state index is 12.7. The van der Waals surface area contributed by atoms with Crippen molar-refractivity contribution in [3.63, 3.8) is 0 Å². The SMILES string of the molecule is CC(C)Cn1cc(-c2cc3cc[nH]c(=O)c3c(Nc3ccc(C4CCN(C)CC4)cc3)n2)cn1. The molecule has 0 aliphatic carbocycles. The Balaban J connectivity index is 1.46. The molecule has 1 aliphatic heterocycles. The smallest absolute Gasteiger partial charge is 0.259 e. The topological polar surface area (TPSA) is 78.8 Å². The molecular formula is C27H32N6O. The third kappa shape index (κ3) is 4.75. The fourth-order valence-corrected chi connectivity index (χ4v) is 4.74. The van der Waals surface area contributed by atoms with E-state index in [1.807, 2.05) is 29.2 Å². The van der Waals surface area contributed by atoms with Gasteiger partial charge in [0, 0.05) is 30.2 Å². The van der Waals surface area contributed by atoms with Gasteiger partial charge in [0.25, 0.3) is 5.56 Å². The average Bonchev–Trinajstić information content (AvgIpc) is 3.28. The molecule has 4 aromatic rings. The fraction of sp³-hybridized carbons (Fsp3) is 0.370. The van der Waals surface area contributed by atoms with E-state index in [1.165, 1.54) is 18.4 Å². The van der Waals surface area contributed by atoms with Gasteiger partial charge in [0.2, 0.25) is 0 Å². The molecule has 0 amide bonds. The van der Waals surface area contributed by atoms with Gasteiger partial charge in [0.15, 0.2) is 0 Å². The van der Waals surface area contributed by atoms with Gasteiger partial charge in [-0.3, -0.25) is 9.48 Å². The highest BCUT2D eigenvalue weighted by atomic mass is 16.1. The van der Waals surface area contributed by atoms with Crippen molar-refractivity contribution in [1.29, 1.82) is 0 Å². The van der Waals surface area contributed by atoms with E-state index in [0.29, 0.717) is 23.0 Å². The Morgan fingerprint density at radius 3 is 2.65 bits per heavy atom. The van der Waals surface area contributed by atoms with Crippen LogP contribution in [0.3, 0.4) is 0 Å². The molecule has 0 atom stereocenters. The van der Waals surface area contributed by atoms with E-state index in [4.69, 9.17) is 4.98 Å². The van der Waals surface area contributed by atoms with E-state index in [9.17, 15) is 4.79 Å². The van der Waals surface area contributed by atoms with Crippen molar-refractivity contribution in [3.05, 3.63) is 70.9 Å². The summed E-state index contributed by atoms with van der Waals surface area (Å²) in [4.78, 5) is 22.7. The number of likely N-dealkylation sites (tertiary alicyclic amines) is 1. The molecule has 7 nitrogen and oxygen atoms in total. The molecule has 1 saturated heterocycles. The Morgan fingerprint density at radius 2 is 1.91 bits per heavy atom. The zero-order valence-corrected chi connectivity index (χ0v) is 20.1. The lowest BCUT2D eigenvalue weighted by molar-refractivity contribution is 0.255. The lowest BCUT2D eigenvalue weighted by Gasteiger charge is -2.29. The summed E-state index contributed by atoms with van der Waals surface area (Å²) in [6.45, 7) is 7.47. The van der Waals surface area contributed by atoms with Gasteiger partial charge in [-0.2, -0.15) is 5.10 Å². The van der Waals surface area contributed by atoms with Crippen LogP contribution in [0.1, 0.15) is 38.2 Å². The van der Waals surface area contributed by atoms with Crippen LogP contribution < -0.4 is 10.9 Å². The molecule has 0 radical (unpaired) electrons. The molecule has 0 spiro atoms. The van der Waals surface area contributed by atoms with Crippen molar-refractivity contribution in [2.24, 2.45) is 5.92 Å². The van der Waals surface area contributed by atoms with Crippen molar-refractivity contribution < 1.29 is 0 Å².